The van der Waals surface area contributed by atoms with Crippen molar-refractivity contribution in [3.05, 3.63) is 0 Å². The van der Waals surface area contributed by atoms with E-state index in [9.17, 15) is 4.79 Å². The van der Waals surface area contributed by atoms with Gasteiger partial charge in [0.05, 0.1) is 0 Å². The van der Waals surface area contributed by atoms with Crippen LogP contribution in [0.3, 0.4) is 0 Å². The molecule has 0 bridgehead atoms. The molecule has 2 amide bonds. The van der Waals surface area contributed by atoms with E-state index in [0.29, 0.717) is 0 Å². The summed E-state index contributed by atoms with van der Waals surface area (Å²) >= 11 is 0. The molecule has 1 N–H and O–H groups in total. The third-order valence-electron chi connectivity index (χ3n) is 4.47. The number of amides is 2. The molecule has 2 aliphatic rings. The van der Waals surface area contributed by atoms with Crippen molar-refractivity contribution in [3.8, 4) is 0 Å². The van der Waals surface area contributed by atoms with Crippen LogP contribution in [-0.2, 0) is 0 Å². The van der Waals surface area contributed by atoms with E-state index in [4.69, 9.17) is 0 Å². The molecule has 19 heavy (non-hydrogen) atoms. The van der Waals surface area contributed by atoms with Crippen LogP contribution in [0.1, 0.15) is 51.9 Å². The molecule has 0 aliphatic carbocycles. The first-order valence-electron chi connectivity index (χ1n) is 8.08. The fourth-order valence-electron chi connectivity index (χ4n) is 3.20. The molecule has 0 aromatic rings. The Balaban J connectivity index is 1.68. The molecule has 0 aromatic heterocycles. The molecule has 2 fully saturated rings. The van der Waals surface area contributed by atoms with E-state index in [-0.39, 0.29) is 6.03 Å². The SMILES string of the molecule is CCCCNC(=O)N1CCC(N2CCCCC2)CC1. The van der Waals surface area contributed by atoms with Crippen LogP contribution < -0.4 is 5.32 Å². The number of hydrogen-bond donors (Lipinski definition) is 1. The van der Waals surface area contributed by atoms with Gasteiger partial charge in [0.2, 0.25) is 0 Å². The lowest BCUT2D eigenvalue weighted by Crippen LogP contribution is -2.50. The van der Waals surface area contributed by atoms with E-state index in [1.165, 1.54) is 32.4 Å². The average molecular weight is 267 g/mol. The summed E-state index contributed by atoms with van der Waals surface area (Å²) in [6, 6.07) is 0.866. The van der Waals surface area contributed by atoms with Crippen molar-refractivity contribution in [2.24, 2.45) is 0 Å². The summed E-state index contributed by atoms with van der Waals surface area (Å²) in [4.78, 5) is 16.6. The highest BCUT2D eigenvalue weighted by atomic mass is 16.2. The molecule has 2 aliphatic heterocycles. The summed E-state index contributed by atoms with van der Waals surface area (Å²) in [5.74, 6) is 0. The van der Waals surface area contributed by atoms with Crippen molar-refractivity contribution in [1.82, 2.24) is 15.1 Å². The molecule has 110 valence electrons. The topological polar surface area (TPSA) is 35.6 Å². The van der Waals surface area contributed by atoms with Crippen molar-refractivity contribution < 1.29 is 4.79 Å². The van der Waals surface area contributed by atoms with E-state index in [2.05, 4.69) is 17.1 Å². The highest BCUT2D eigenvalue weighted by molar-refractivity contribution is 5.74. The smallest absolute Gasteiger partial charge is 0.317 e. The fraction of sp³-hybridized carbons (Fsp3) is 0.933. The Morgan fingerprint density at radius 3 is 2.42 bits per heavy atom. The van der Waals surface area contributed by atoms with Crippen LogP contribution in [0.5, 0.6) is 0 Å². The maximum atomic E-state index is 12.0. The highest BCUT2D eigenvalue weighted by Crippen LogP contribution is 2.20. The Kier molecular flexibility index (Phi) is 5.95. The monoisotopic (exact) mass is 267 g/mol. The Morgan fingerprint density at radius 1 is 1.11 bits per heavy atom. The molecular formula is C15H29N3O. The van der Waals surface area contributed by atoms with E-state index in [0.717, 1.165) is 51.4 Å². The maximum absolute atomic E-state index is 12.0. The second-order valence-corrected chi connectivity index (χ2v) is 5.90. The first-order chi connectivity index (χ1) is 9.31. The van der Waals surface area contributed by atoms with Crippen molar-refractivity contribution in [1.29, 1.82) is 0 Å². The molecule has 2 heterocycles. The van der Waals surface area contributed by atoms with E-state index >= 15 is 0 Å². The lowest BCUT2D eigenvalue weighted by atomic mass is 10.0. The van der Waals surface area contributed by atoms with Crippen molar-refractivity contribution in [2.75, 3.05) is 32.7 Å². The summed E-state index contributed by atoms with van der Waals surface area (Å²) < 4.78 is 0. The first-order valence-corrected chi connectivity index (χ1v) is 8.08. The normalized spacial score (nSPS) is 22.5. The van der Waals surface area contributed by atoms with Gasteiger partial charge in [0.1, 0.15) is 0 Å². The van der Waals surface area contributed by atoms with Crippen LogP contribution in [0.25, 0.3) is 0 Å². The Bertz CT molecular complexity index is 269. The largest absolute Gasteiger partial charge is 0.338 e. The van der Waals surface area contributed by atoms with Gasteiger partial charge in [-0.1, -0.05) is 19.8 Å². The van der Waals surface area contributed by atoms with Gasteiger partial charge in [0, 0.05) is 25.7 Å². The quantitative estimate of drug-likeness (QED) is 0.794. The van der Waals surface area contributed by atoms with Gasteiger partial charge in [0.15, 0.2) is 0 Å². The zero-order valence-electron chi connectivity index (χ0n) is 12.4. The van der Waals surface area contributed by atoms with Crippen molar-refractivity contribution >= 4 is 6.03 Å². The summed E-state index contributed by atoms with van der Waals surface area (Å²) in [5.41, 5.74) is 0. The van der Waals surface area contributed by atoms with Crippen LogP contribution in [0, 0.1) is 0 Å². The van der Waals surface area contributed by atoms with Gasteiger partial charge in [-0.15, -0.1) is 0 Å². The summed E-state index contributed by atoms with van der Waals surface area (Å²) in [6.07, 6.45) is 8.64. The molecular weight excluding hydrogens is 238 g/mol. The van der Waals surface area contributed by atoms with Crippen LogP contribution in [-0.4, -0.2) is 54.6 Å². The van der Waals surface area contributed by atoms with Crippen LogP contribution >= 0.6 is 0 Å². The molecule has 2 rings (SSSR count). The molecule has 0 radical (unpaired) electrons. The molecule has 0 unspecified atom stereocenters. The number of unbranched alkanes of at least 4 members (excludes halogenated alkanes) is 1. The number of carbonyl (C=O) groups excluding carboxylic acids is 1. The third-order valence-corrected chi connectivity index (χ3v) is 4.47. The van der Waals surface area contributed by atoms with Gasteiger partial charge in [-0.25, -0.2) is 4.79 Å². The number of urea groups is 1. The maximum Gasteiger partial charge on any atom is 0.317 e. The van der Waals surface area contributed by atoms with Gasteiger partial charge in [0.25, 0.3) is 0 Å². The zero-order chi connectivity index (χ0) is 13.5. The van der Waals surface area contributed by atoms with Gasteiger partial charge in [-0.05, 0) is 45.2 Å². The van der Waals surface area contributed by atoms with E-state index < -0.39 is 0 Å². The minimum atomic E-state index is 0.144. The van der Waals surface area contributed by atoms with Crippen molar-refractivity contribution in [3.63, 3.8) is 0 Å². The molecule has 2 saturated heterocycles. The molecule has 0 spiro atoms. The minimum Gasteiger partial charge on any atom is -0.338 e. The predicted octanol–water partition coefficient (Wildman–Crippen LogP) is 2.45. The lowest BCUT2D eigenvalue weighted by Gasteiger charge is -2.40. The number of nitrogens with one attached hydrogen (secondary N) is 1. The molecule has 4 heteroatoms. The highest BCUT2D eigenvalue weighted by Gasteiger charge is 2.27. The van der Waals surface area contributed by atoms with Crippen molar-refractivity contribution in [2.45, 2.75) is 57.9 Å². The van der Waals surface area contributed by atoms with Crippen LogP contribution in [0.4, 0.5) is 4.79 Å². The van der Waals surface area contributed by atoms with E-state index in [1.54, 1.807) is 0 Å². The molecule has 0 aromatic carbocycles. The summed E-state index contributed by atoms with van der Waals surface area (Å²) in [5, 5.41) is 3.02. The number of nitrogens with zero attached hydrogens (tertiary/aromatic N) is 2. The second-order valence-electron chi connectivity index (χ2n) is 5.90. The molecule has 0 atom stereocenters. The lowest BCUT2D eigenvalue weighted by molar-refractivity contribution is 0.101. The number of hydrogen-bond acceptors (Lipinski definition) is 2. The third kappa shape index (κ3) is 4.37. The number of rotatable bonds is 4. The second kappa shape index (κ2) is 7.73. The Hall–Kier alpha value is -0.770. The number of piperidine rings is 2. The van der Waals surface area contributed by atoms with Gasteiger partial charge >= 0.3 is 6.03 Å². The summed E-state index contributed by atoms with van der Waals surface area (Å²) in [6.45, 7) is 7.37. The average Bonchev–Trinajstić information content (AvgIpc) is 2.48. The zero-order valence-corrected chi connectivity index (χ0v) is 12.4. The number of carbonyl (C=O) groups is 1. The first kappa shape index (κ1) is 14.6. The van der Waals surface area contributed by atoms with Gasteiger partial charge < -0.3 is 15.1 Å². The molecule has 0 saturated carbocycles. The van der Waals surface area contributed by atoms with Crippen LogP contribution in [0.2, 0.25) is 0 Å². The van der Waals surface area contributed by atoms with Crippen LogP contribution in [0.15, 0.2) is 0 Å². The Morgan fingerprint density at radius 2 is 1.79 bits per heavy atom. The molecule has 4 nitrogen and oxygen atoms in total. The minimum absolute atomic E-state index is 0.144. The van der Waals surface area contributed by atoms with E-state index in [1.807, 2.05) is 4.90 Å². The number of likely N-dealkylation sites (tertiary alicyclic amines) is 2. The predicted molar refractivity (Wildman–Crippen MR) is 78.3 cm³/mol. The summed E-state index contributed by atoms with van der Waals surface area (Å²) in [7, 11) is 0. The standard InChI is InChI=1S/C15H29N3O/c1-2-3-9-16-15(19)18-12-7-14(8-13-18)17-10-5-4-6-11-17/h14H,2-13H2,1H3,(H,16,19). The fourth-order valence-corrected chi connectivity index (χ4v) is 3.20. The van der Waals surface area contributed by atoms with Gasteiger partial charge in [-0.3, -0.25) is 0 Å². The van der Waals surface area contributed by atoms with Gasteiger partial charge in [-0.2, -0.15) is 0 Å². The Labute approximate surface area is 117 Å².